The van der Waals surface area contributed by atoms with E-state index in [1.54, 1.807) is 12.4 Å². The van der Waals surface area contributed by atoms with Gasteiger partial charge in [-0.2, -0.15) is 4.98 Å². The van der Waals surface area contributed by atoms with Crippen molar-refractivity contribution in [2.75, 3.05) is 13.6 Å². The summed E-state index contributed by atoms with van der Waals surface area (Å²) in [6.45, 7) is 4.62. The van der Waals surface area contributed by atoms with E-state index in [2.05, 4.69) is 25.8 Å². The van der Waals surface area contributed by atoms with Gasteiger partial charge in [0.25, 0.3) is 0 Å². The lowest BCUT2D eigenvalue weighted by molar-refractivity contribution is -0.122. The number of pyridine rings is 1. The molecule has 0 bridgehead atoms. The molecule has 2 aromatic heterocycles. The first-order valence-electron chi connectivity index (χ1n) is 7.29. The molecule has 2 rings (SSSR count). The Bertz CT molecular complexity index is 607. The summed E-state index contributed by atoms with van der Waals surface area (Å²) in [7, 11) is 1.81. The zero-order valence-electron chi connectivity index (χ0n) is 13.9. The topological polar surface area (TPSA) is 92.9 Å². The third kappa shape index (κ3) is 6.07. The maximum Gasteiger partial charge on any atom is 0.249 e. The molecule has 0 fully saturated rings. The highest BCUT2D eigenvalue weighted by Crippen LogP contribution is 2.23. The maximum absolute atomic E-state index is 11.9. The van der Waals surface area contributed by atoms with Crippen LogP contribution in [0.2, 0.25) is 0 Å². The van der Waals surface area contributed by atoms with Gasteiger partial charge in [-0.05, 0) is 25.1 Å². The molecule has 0 saturated carbocycles. The second kappa shape index (κ2) is 11.0. The first-order valence-corrected chi connectivity index (χ1v) is 7.29. The molecular weight excluding hydrogens is 353 g/mol. The number of amides is 1. The van der Waals surface area contributed by atoms with E-state index >= 15 is 0 Å². The summed E-state index contributed by atoms with van der Waals surface area (Å²) >= 11 is 0. The minimum absolute atomic E-state index is 0. The molecule has 9 heteroatoms. The zero-order chi connectivity index (χ0) is 15.9. The van der Waals surface area contributed by atoms with Crippen molar-refractivity contribution in [2.24, 2.45) is 5.92 Å². The summed E-state index contributed by atoms with van der Waals surface area (Å²) in [6.07, 6.45) is 3.76. The van der Waals surface area contributed by atoms with Crippen molar-refractivity contribution in [2.45, 2.75) is 26.3 Å². The Morgan fingerprint density at radius 1 is 1.33 bits per heavy atom. The van der Waals surface area contributed by atoms with Crippen molar-refractivity contribution in [1.82, 2.24) is 25.8 Å². The third-order valence-corrected chi connectivity index (χ3v) is 3.21. The first-order chi connectivity index (χ1) is 10.6. The Balaban J connectivity index is 0.00000264. The quantitative estimate of drug-likeness (QED) is 0.771. The number of aromatic nitrogens is 3. The molecule has 2 N–H and O–H groups in total. The minimum Gasteiger partial charge on any atom is -0.344 e. The van der Waals surface area contributed by atoms with Crippen LogP contribution in [0.5, 0.6) is 0 Å². The summed E-state index contributed by atoms with van der Waals surface area (Å²) in [5, 5.41) is 9.86. The molecule has 0 radical (unpaired) electrons. The van der Waals surface area contributed by atoms with Crippen molar-refractivity contribution in [3.63, 3.8) is 0 Å². The van der Waals surface area contributed by atoms with E-state index in [9.17, 15) is 4.79 Å². The number of hydrogen-bond acceptors (Lipinski definition) is 6. The first kappa shape index (κ1) is 22.3. The van der Waals surface area contributed by atoms with Gasteiger partial charge in [0.1, 0.15) is 6.04 Å². The van der Waals surface area contributed by atoms with Crippen LogP contribution in [0.25, 0.3) is 11.4 Å². The number of carbonyl (C=O) groups is 1. The van der Waals surface area contributed by atoms with Gasteiger partial charge >= 0.3 is 0 Å². The molecule has 0 aromatic carbocycles. The summed E-state index contributed by atoms with van der Waals surface area (Å²) in [4.78, 5) is 20.3. The predicted molar refractivity (Wildman–Crippen MR) is 96.3 cm³/mol. The van der Waals surface area contributed by atoms with Crippen molar-refractivity contribution in [1.29, 1.82) is 0 Å². The van der Waals surface area contributed by atoms with Gasteiger partial charge in [0.15, 0.2) is 0 Å². The van der Waals surface area contributed by atoms with Crippen LogP contribution in [0, 0.1) is 5.92 Å². The number of nitrogens with zero attached hydrogens (tertiary/aromatic N) is 3. The van der Waals surface area contributed by atoms with Crippen LogP contribution in [0.3, 0.4) is 0 Å². The molecule has 2 aromatic rings. The Kier molecular flexibility index (Phi) is 10.2. The second-order valence-electron chi connectivity index (χ2n) is 5.34. The molecule has 2 heterocycles. The van der Waals surface area contributed by atoms with Gasteiger partial charge in [0.05, 0.1) is 0 Å². The summed E-state index contributed by atoms with van der Waals surface area (Å²) in [6, 6.07) is 3.37. The molecule has 1 amide bonds. The Hall–Kier alpha value is -1.70. The zero-order valence-corrected chi connectivity index (χ0v) is 15.5. The average molecular weight is 376 g/mol. The molecule has 0 aliphatic heterocycles. The number of hydrogen-bond donors (Lipinski definition) is 2. The highest BCUT2D eigenvalue weighted by atomic mass is 35.5. The minimum atomic E-state index is -0.303. The monoisotopic (exact) mass is 375 g/mol. The summed E-state index contributed by atoms with van der Waals surface area (Å²) in [5.41, 5.74) is 0.779. The molecule has 7 nitrogen and oxygen atoms in total. The van der Waals surface area contributed by atoms with Crippen LogP contribution in [0.15, 0.2) is 29.0 Å². The lowest BCUT2D eigenvalue weighted by Gasteiger charge is -2.18. The van der Waals surface area contributed by atoms with Crippen LogP contribution in [0.1, 0.15) is 32.2 Å². The van der Waals surface area contributed by atoms with Gasteiger partial charge in [-0.25, -0.2) is 0 Å². The summed E-state index contributed by atoms with van der Waals surface area (Å²) in [5.74, 6) is 0.972. The van der Waals surface area contributed by atoms with Gasteiger partial charge in [-0.15, -0.1) is 24.8 Å². The van der Waals surface area contributed by atoms with Gasteiger partial charge < -0.3 is 15.2 Å². The van der Waals surface area contributed by atoms with Crippen LogP contribution >= 0.6 is 24.8 Å². The number of rotatable bonds is 7. The van der Waals surface area contributed by atoms with Crippen LogP contribution in [-0.2, 0) is 4.79 Å². The van der Waals surface area contributed by atoms with Crippen LogP contribution in [-0.4, -0.2) is 34.6 Å². The molecule has 1 unspecified atom stereocenters. The highest BCUT2D eigenvalue weighted by Gasteiger charge is 2.24. The second-order valence-corrected chi connectivity index (χ2v) is 5.34. The van der Waals surface area contributed by atoms with E-state index in [0.717, 1.165) is 5.56 Å². The number of nitrogens with one attached hydrogen (secondary N) is 2. The van der Waals surface area contributed by atoms with Gasteiger partial charge in [-0.3, -0.25) is 9.78 Å². The van der Waals surface area contributed by atoms with Crippen LogP contribution in [0.4, 0.5) is 0 Å². The van der Waals surface area contributed by atoms with Gasteiger partial charge in [0.2, 0.25) is 17.6 Å². The summed E-state index contributed by atoms with van der Waals surface area (Å²) < 4.78 is 5.33. The Labute approximate surface area is 153 Å². The Morgan fingerprint density at radius 2 is 2.08 bits per heavy atom. The molecule has 0 saturated heterocycles. The molecule has 0 spiro atoms. The maximum atomic E-state index is 11.9. The lowest BCUT2D eigenvalue weighted by atomic mass is 10.0. The average Bonchev–Trinajstić information content (AvgIpc) is 3.00. The number of carbonyl (C=O) groups excluding carboxylic acids is 1. The number of halogens is 2. The highest BCUT2D eigenvalue weighted by molar-refractivity contribution is 5.85. The van der Waals surface area contributed by atoms with Gasteiger partial charge in [0, 0.05) is 30.9 Å². The predicted octanol–water partition coefficient (Wildman–Crippen LogP) is 2.40. The lowest BCUT2D eigenvalue weighted by Crippen LogP contribution is -2.33. The van der Waals surface area contributed by atoms with Crippen molar-refractivity contribution < 1.29 is 9.32 Å². The van der Waals surface area contributed by atoms with E-state index in [4.69, 9.17) is 4.52 Å². The van der Waals surface area contributed by atoms with Crippen molar-refractivity contribution in [3.8, 4) is 11.4 Å². The van der Waals surface area contributed by atoms with Crippen molar-refractivity contribution >= 4 is 30.7 Å². The normalized spacial score (nSPS) is 11.3. The molecular formula is C15H23Cl2N5O2. The standard InChI is InChI=1S/C15H21N5O2.2ClH/c1-10(2)13(18-12(21)6-8-16-3)15-19-14(20-22-15)11-5-4-7-17-9-11;;/h4-5,7,9-10,13,16H,6,8H2,1-3H3,(H,18,21);2*1H. The van der Waals surface area contributed by atoms with E-state index in [0.29, 0.717) is 24.7 Å². The molecule has 24 heavy (non-hydrogen) atoms. The third-order valence-electron chi connectivity index (χ3n) is 3.21. The van der Waals surface area contributed by atoms with E-state index in [1.807, 2.05) is 33.0 Å². The van der Waals surface area contributed by atoms with Gasteiger partial charge in [-0.1, -0.05) is 19.0 Å². The van der Waals surface area contributed by atoms with E-state index < -0.39 is 0 Å². The molecule has 0 aliphatic carbocycles. The Morgan fingerprint density at radius 3 is 2.67 bits per heavy atom. The van der Waals surface area contributed by atoms with E-state index in [-0.39, 0.29) is 42.7 Å². The fourth-order valence-corrected chi connectivity index (χ4v) is 1.97. The van der Waals surface area contributed by atoms with Crippen molar-refractivity contribution in [3.05, 3.63) is 30.4 Å². The SMILES string of the molecule is CNCCC(=O)NC(c1nc(-c2cccnc2)no1)C(C)C.Cl.Cl. The fourth-order valence-electron chi connectivity index (χ4n) is 1.97. The smallest absolute Gasteiger partial charge is 0.249 e. The van der Waals surface area contributed by atoms with Crippen LogP contribution < -0.4 is 10.6 Å². The van der Waals surface area contributed by atoms with E-state index in [1.165, 1.54) is 0 Å². The molecule has 1 atom stereocenters. The largest absolute Gasteiger partial charge is 0.344 e. The molecule has 0 aliphatic rings. The molecule has 134 valence electrons. The fraction of sp³-hybridized carbons (Fsp3) is 0.467.